The number of carboxylic acids is 1. The van der Waals surface area contributed by atoms with Gasteiger partial charge in [-0.05, 0) is 42.0 Å². The van der Waals surface area contributed by atoms with Crippen molar-refractivity contribution in [3.63, 3.8) is 0 Å². The Labute approximate surface area is 135 Å². The van der Waals surface area contributed by atoms with Gasteiger partial charge in [0, 0.05) is 16.4 Å². The summed E-state index contributed by atoms with van der Waals surface area (Å²) in [6, 6.07) is 13.2. The smallest absolute Gasteiger partial charge is 0.335 e. The molecule has 0 fully saturated rings. The molecule has 0 spiro atoms. The number of nitrogens with one attached hydrogen (secondary N) is 2. The summed E-state index contributed by atoms with van der Waals surface area (Å²) in [6.07, 6.45) is 3.26. The van der Waals surface area contributed by atoms with Crippen molar-refractivity contribution in [2.75, 3.05) is 5.32 Å². The fourth-order valence-corrected chi connectivity index (χ4v) is 1.95. The van der Waals surface area contributed by atoms with Gasteiger partial charge in [0.2, 0.25) is 0 Å². The van der Waals surface area contributed by atoms with Gasteiger partial charge in [0.05, 0.1) is 5.56 Å². The van der Waals surface area contributed by atoms with Gasteiger partial charge in [-0.25, -0.2) is 9.59 Å². The Morgan fingerprint density at radius 1 is 1.09 bits per heavy atom. The minimum absolute atomic E-state index is 0.114. The fraction of sp³-hybridized carbons (Fsp3) is 0. The number of hydrogen-bond acceptors (Lipinski definition) is 2. The molecule has 22 heavy (non-hydrogen) atoms. The third-order valence-corrected chi connectivity index (χ3v) is 3.26. The van der Waals surface area contributed by atoms with Crippen molar-refractivity contribution in [3.8, 4) is 0 Å². The van der Waals surface area contributed by atoms with Crippen LogP contribution in [-0.2, 0) is 0 Å². The summed E-state index contributed by atoms with van der Waals surface area (Å²) in [4.78, 5) is 22.6. The van der Waals surface area contributed by atoms with Crippen LogP contribution in [0.2, 0.25) is 0 Å². The van der Waals surface area contributed by atoms with Gasteiger partial charge in [-0.1, -0.05) is 34.1 Å². The number of halogens is 1. The second-order valence-corrected chi connectivity index (χ2v) is 5.28. The molecule has 0 aliphatic carbocycles. The first kappa shape index (κ1) is 15.8. The van der Waals surface area contributed by atoms with Crippen LogP contribution >= 0.6 is 15.9 Å². The molecule has 0 aliphatic heterocycles. The molecule has 0 aromatic heterocycles. The first-order valence-corrected chi connectivity index (χ1v) is 7.17. The Hall–Kier alpha value is -2.60. The molecule has 2 aromatic rings. The summed E-state index contributed by atoms with van der Waals surface area (Å²) < 4.78 is 0.980. The lowest BCUT2D eigenvalue weighted by Crippen LogP contribution is -2.23. The molecule has 0 unspecified atom stereocenters. The molecule has 6 heteroatoms. The highest BCUT2D eigenvalue weighted by molar-refractivity contribution is 9.10. The van der Waals surface area contributed by atoms with E-state index in [1.54, 1.807) is 18.2 Å². The van der Waals surface area contributed by atoms with Crippen LogP contribution in [0, 0.1) is 0 Å². The van der Waals surface area contributed by atoms with E-state index < -0.39 is 12.0 Å². The molecule has 0 heterocycles. The summed E-state index contributed by atoms with van der Waals surface area (Å²) in [7, 11) is 0. The lowest BCUT2D eigenvalue weighted by atomic mass is 10.2. The Balaban J connectivity index is 1.91. The van der Waals surface area contributed by atoms with E-state index >= 15 is 0 Å². The van der Waals surface area contributed by atoms with E-state index in [0.717, 1.165) is 10.0 Å². The van der Waals surface area contributed by atoms with Crippen LogP contribution in [0.5, 0.6) is 0 Å². The Kier molecular flexibility index (Phi) is 5.32. The van der Waals surface area contributed by atoms with E-state index in [2.05, 4.69) is 26.6 Å². The maximum atomic E-state index is 11.7. The van der Waals surface area contributed by atoms with E-state index in [1.165, 1.54) is 18.3 Å². The van der Waals surface area contributed by atoms with Gasteiger partial charge in [-0.3, -0.25) is 0 Å². The first-order valence-electron chi connectivity index (χ1n) is 6.37. The normalized spacial score (nSPS) is 10.4. The number of carbonyl (C=O) groups is 2. The standard InChI is InChI=1S/C16H13BrN2O3/c17-13-6-4-11(5-7-13)8-9-18-16(22)19-14-3-1-2-12(10-14)15(20)21/h1-10H,(H,20,21)(H2,18,19,22)/b9-8+. The SMILES string of the molecule is O=C(N/C=C/c1ccc(Br)cc1)Nc1cccc(C(=O)O)c1. The number of aromatic carboxylic acids is 1. The summed E-state index contributed by atoms with van der Waals surface area (Å²) in [5.41, 5.74) is 1.47. The highest BCUT2D eigenvalue weighted by Crippen LogP contribution is 2.12. The Morgan fingerprint density at radius 2 is 1.82 bits per heavy atom. The molecule has 2 amide bonds. The highest BCUT2D eigenvalue weighted by Gasteiger charge is 2.04. The van der Waals surface area contributed by atoms with Crippen molar-refractivity contribution in [3.05, 3.63) is 70.3 Å². The summed E-state index contributed by atoms with van der Waals surface area (Å²) in [5, 5.41) is 14.0. The molecule has 0 atom stereocenters. The molecular weight excluding hydrogens is 348 g/mol. The molecule has 0 saturated carbocycles. The quantitative estimate of drug-likeness (QED) is 0.772. The van der Waals surface area contributed by atoms with E-state index in [-0.39, 0.29) is 5.56 Å². The van der Waals surface area contributed by atoms with Gasteiger partial charge in [0.1, 0.15) is 0 Å². The van der Waals surface area contributed by atoms with Gasteiger partial charge >= 0.3 is 12.0 Å². The van der Waals surface area contributed by atoms with Crippen LogP contribution in [-0.4, -0.2) is 17.1 Å². The number of amides is 2. The van der Waals surface area contributed by atoms with Crippen LogP contribution in [0.25, 0.3) is 6.08 Å². The number of anilines is 1. The van der Waals surface area contributed by atoms with Crippen LogP contribution < -0.4 is 10.6 Å². The maximum Gasteiger partial charge on any atom is 0.335 e. The van der Waals surface area contributed by atoms with E-state index in [9.17, 15) is 9.59 Å². The number of carbonyl (C=O) groups excluding carboxylic acids is 1. The van der Waals surface area contributed by atoms with Gasteiger partial charge in [0.25, 0.3) is 0 Å². The number of benzene rings is 2. The Morgan fingerprint density at radius 3 is 2.50 bits per heavy atom. The zero-order chi connectivity index (χ0) is 15.9. The van der Waals surface area contributed by atoms with Crippen molar-refractivity contribution in [2.45, 2.75) is 0 Å². The average Bonchev–Trinajstić information content (AvgIpc) is 2.49. The third kappa shape index (κ3) is 4.75. The molecule has 0 aliphatic rings. The predicted octanol–water partition coefficient (Wildman–Crippen LogP) is 3.94. The lowest BCUT2D eigenvalue weighted by molar-refractivity contribution is 0.0697. The monoisotopic (exact) mass is 360 g/mol. The van der Waals surface area contributed by atoms with Crippen molar-refractivity contribution < 1.29 is 14.7 Å². The molecule has 112 valence electrons. The summed E-state index contributed by atoms with van der Waals surface area (Å²) in [5.74, 6) is -1.04. The number of carboxylic acid groups (broad SMARTS) is 1. The van der Waals surface area contributed by atoms with Crippen LogP contribution in [0.1, 0.15) is 15.9 Å². The van der Waals surface area contributed by atoms with Crippen molar-refractivity contribution >= 4 is 39.7 Å². The van der Waals surface area contributed by atoms with E-state index in [1.807, 2.05) is 24.3 Å². The molecule has 3 N–H and O–H groups in total. The first-order chi connectivity index (χ1) is 10.5. The van der Waals surface area contributed by atoms with Gasteiger partial charge < -0.3 is 15.7 Å². The van der Waals surface area contributed by atoms with Gasteiger partial charge in [-0.15, -0.1) is 0 Å². The second-order valence-electron chi connectivity index (χ2n) is 4.37. The number of urea groups is 1. The Bertz CT molecular complexity index is 712. The van der Waals surface area contributed by atoms with E-state index in [4.69, 9.17) is 5.11 Å². The van der Waals surface area contributed by atoms with Crippen molar-refractivity contribution in [1.29, 1.82) is 0 Å². The predicted molar refractivity (Wildman–Crippen MR) is 88.7 cm³/mol. The maximum absolute atomic E-state index is 11.7. The summed E-state index contributed by atoms with van der Waals surface area (Å²) in [6.45, 7) is 0. The molecule has 5 nitrogen and oxygen atoms in total. The zero-order valence-corrected chi connectivity index (χ0v) is 13.0. The molecule has 0 bridgehead atoms. The fourth-order valence-electron chi connectivity index (χ4n) is 1.68. The topological polar surface area (TPSA) is 78.4 Å². The van der Waals surface area contributed by atoms with Gasteiger partial charge in [-0.2, -0.15) is 0 Å². The average molecular weight is 361 g/mol. The van der Waals surface area contributed by atoms with Gasteiger partial charge in [0.15, 0.2) is 0 Å². The molecule has 2 rings (SSSR count). The zero-order valence-electron chi connectivity index (χ0n) is 11.4. The van der Waals surface area contributed by atoms with Crippen molar-refractivity contribution in [1.82, 2.24) is 5.32 Å². The highest BCUT2D eigenvalue weighted by atomic mass is 79.9. The lowest BCUT2D eigenvalue weighted by Gasteiger charge is -2.05. The number of rotatable bonds is 4. The minimum atomic E-state index is -1.04. The van der Waals surface area contributed by atoms with Crippen LogP contribution in [0.15, 0.2) is 59.2 Å². The van der Waals surface area contributed by atoms with Crippen LogP contribution in [0.3, 0.4) is 0 Å². The summed E-state index contributed by atoms with van der Waals surface area (Å²) >= 11 is 3.34. The number of hydrogen-bond donors (Lipinski definition) is 3. The molecular formula is C16H13BrN2O3. The van der Waals surface area contributed by atoms with Crippen LogP contribution in [0.4, 0.5) is 10.5 Å². The molecule has 0 saturated heterocycles. The third-order valence-electron chi connectivity index (χ3n) is 2.73. The second kappa shape index (κ2) is 7.42. The largest absolute Gasteiger partial charge is 0.478 e. The molecule has 2 aromatic carbocycles. The molecule has 0 radical (unpaired) electrons. The minimum Gasteiger partial charge on any atom is -0.478 e. The van der Waals surface area contributed by atoms with Crippen molar-refractivity contribution in [2.24, 2.45) is 0 Å². The van der Waals surface area contributed by atoms with E-state index in [0.29, 0.717) is 5.69 Å².